The maximum Gasteiger partial charge on any atom is 0.226 e. The molecule has 0 aromatic carbocycles. The van der Waals surface area contributed by atoms with Crippen molar-refractivity contribution >= 4 is 5.91 Å². The van der Waals surface area contributed by atoms with E-state index >= 15 is 0 Å². The number of pyridine rings is 1. The van der Waals surface area contributed by atoms with Crippen LogP contribution in [0.3, 0.4) is 0 Å². The fourth-order valence-corrected chi connectivity index (χ4v) is 4.80. The van der Waals surface area contributed by atoms with E-state index in [1.165, 1.54) is 12.8 Å². The Morgan fingerprint density at radius 3 is 2.73 bits per heavy atom. The van der Waals surface area contributed by atoms with Gasteiger partial charge in [0.15, 0.2) is 0 Å². The van der Waals surface area contributed by atoms with Gasteiger partial charge in [0.25, 0.3) is 0 Å². The van der Waals surface area contributed by atoms with Crippen molar-refractivity contribution in [3.8, 4) is 0 Å². The molecular formula is C21H30N2O3. The molecule has 4 rings (SSSR count). The summed E-state index contributed by atoms with van der Waals surface area (Å²) < 4.78 is 12.3. The molecule has 1 aromatic rings. The standard InChI is InChI=1S/C21H30N2O3/c1-15-2-4-17(5-3-15)21(24)23-12-13-25-19-7-6-18(23)20(19)26-14-16-8-10-22-11-9-16/h8-11,15,17-20H,2-7,12-14H2,1H3. The van der Waals surface area contributed by atoms with Gasteiger partial charge in [-0.3, -0.25) is 9.78 Å². The fourth-order valence-electron chi connectivity index (χ4n) is 4.80. The molecule has 5 nitrogen and oxygen atoms in total. The highest BCUT2D eigenvalue weighted by molar-refractivity contribution is 5.79. The second-order valence-corrected chi connectivity index (χ2v) is 8.17. The van der Waals surface area contributed by atoms with Gasteiger partial charge < -0.3 is 14.4 Å². The summed E-state index contributed by atoms with van der Waals surface area (Å²) in [5, 5.41) is 0. The van der Waals surface area contributed by atoms with Gasteiger partial charge in [0.05, 0.1) is 25.4 Å². The minimum Gasteiger partial charge on any atom is -0.374 e. The highest BCUT2D eigenvalue weighted by atomic mass is 16.5. The minimum absolute atomic E-state index is 0.0165. The van der Waals surface area contributed by atoms with Crippen molar-refractivity contribution in [3.63, 3.8) is 0 Å². The predicted octanol–water partition coefficient (Wildman–Crippen LogP) is 3.18. The van der Waals surface area contributed by atoms with E-state index in [2.05, 4.69) is 16.8 Å². The number of amides is 1. The lowest BCUT2D eigenvalue weighted by molar-refractivity contribution is -0.141. The third-order valence-electron chi connectivity index (χ3n) is 6.40. The summed E-state index contributed by atoms with van der Waals surface area (Å²) in [4.78, 5) is 19.4. The molecule has 3 fully saturated rings. The van der Waals surface area contributed by atoms with Crippen LogP contribution in [0.2, 0.25) is 0 Å². The Hall–Kier alpha value is -1.46. The Balaban J connectivity index is 1.43. The number of hydrogen-bond acceptors (Lipinski definition) is 4. The second-order valence-electron chi connectivity index (χ2n) is 8.17. The molecule has 2 heterocycles. The molecule has 1 amide bonds. The first-order valence-electron chi connectivity index (χ1n) is 10.1. The lowest BCUT2D eigenvalue weighted by atomic mass is 9.82. The van der Waals surface area contributed by atoms with Crippen molar-refractivity contribution in [1.29, 1.82) is 0 Å². The van der Waals surface area contributed by atoms with E-state index < -0.39 is 0 Å². The van der Waals surface area contributed by atoms with Crippen LogP contribution in [0.15, 0.2) is 24.5 Å². The van der Waals surface area contributed by atoms with Crippen LogP contribution in [-0.4, -0.2) is 47.2 Å². The highest BCUT2D eigenvalue weighted by Crippen LogP contribution is 2.36. The van der Waals surface area contributed by atoms with Crippen molar-refractivity contribution in [2.24, 2.45) is 11.8 Å². The molecule has 0 spiro atoms. The molecule has 1 aromatic heterocycles. The number of fused-ring (bicyclic) bond motifs is 2. The van der Waals surface area contributed by atoms with Gasteiger partial charge in [-0.25, -0.2) is 0 Å². The van der Waals surface area contributed by atoms with Crippen molar-refractivity contribution in [2.45, 2.75) is 70.3 Å². The van der Waals surface area contributed by atoms with Crippen LogP contribution < -0.4 is 0 Å². The molecule has 1 aliphatic heterocycles. The zero-order valence-corrected chi connectivity index (χ0v) is 15.7. The predicted molar refractivity (Wildman–Crippen MR) is 98.4 cm³/mol. The first-order chi connectivity index (χ1) is 12.7. The molecule has 142 valence electrons. The van der Waals surface area contributed by atoms with Gasteiger partial charge in [-0.1, -0.05) is 6.92 Å². The average molecular weight is 358 g/mol. The first kappa shape index (κ1) is 17.9. The zero-order valence-electron chi connectivity index (χ0n) is 15.7. The maximum atomic E-state index is 13.2. The van der Waals surface area contributed by atoms with Crippen molar-refractivity contribution in [2.75, 3.05) is 13.2 Å². The summed E-state index contributed by atoms with van der Waals surface area (Å²) in [5.74, 6) is 1.30. The van der Waals surface area contributed by atoms with E-state index in [1.54, 1.807) is 12.4 Å². The summed E-state index contributed by atoms with van der Waals surface area (Å²) in [6, 6.07) is 4.12. The van der Waals surface area contributed by atoms with Gasteiger partial charge in [0.1, 0.15) is 6.10 Å². The molecule has 1 saturated heterocycles. The molecule has 3 unspecified atom stereocenters. The van der Waals surface area contributed by atoms with Gasteiger partial charge in [0, 0.05) is 24.9 Å². The minimum atomic E-state index is -0.0165. The molecule has 0 radical (unpaired) electrons. The number of aromatic nitrogens is 1. The number of carbonyl (C=O) groups is 1. The van der Waals surface area contributed by atoms with E-state index in [9.17, 15) is 4.79 Å². The number of ether oxygens (including phenoxy) is 2. The third kappa shape index (κ3) is 3.79. The topological polar surface area (TPSA) is 51.7 Å². The molecular weight excluding hydrogens is 328 g/mol. The smallest absolute Gasteiger partial charge is 0.226 e. The Labute approximate surface area is 156 Å². The molecule has 26 heavy (non-hydrogen) atoms. The van der Waals surface area contributed by atoms with Gasteiger partial charge >= 0.3 is 0 Å². The molecule has 3 aliphatic rings. The van der Waals surface area contributed by atoms with Crippen LogP contribution in [0.4, 0.5) is 0 Å². The molecule has 5 heteroatoms. The molecule has 3 atom stereocenters. The summed E-state index contributed by atoms with van der Waals surface area (Å²) in [6.45, 7) is 4.18. The first-order valence-corrected chi connectivity index (χ1v) is 10.1. The van der Waals surface area contributed by atoms with Crippen LogP contribution in [0.5, 0.6) is 0 Å². The maximum absolute atomic E-state index is 13.2. The van der Waals surface area contributed by atoms with Gasteiger partial charge in [-0.15, -0.1) is 0 Å². The number of rotatable bonds is 4. The van der Waals surface area contributed by atoms with Gasteiger partial charge in [-0.2, -0.15) is 0 Å². The Morgan fingerprint density at radius 2 is 1.96 bits per heavy atom. The van der Waals surface area contributed by atoms with E-state index in [1.807, 2.05) is 12.1 Å². The second kappa shape index (κ2) is 8.05. The van der Waals surface area contributed by atoms with E-state index in [-0.39, 0.29) is 24.2 Å². The van der Waals surface area contributed by atoms with E-state index in [0.717, 1.165) is 37.2 Å². The average Bonchev–Trinajstić information content (AvgIpc) is 2.96. The van der Waals surface area contributed by atoms with Crippen LogP contribution in [0.25, 0.3) is 0 Å². The van der Waals surface area contributed by atoms with E-state index in [4.69, 9.17) is 9.47 Å². The summed E-state index contributed by atoms with van der Waals surface area (Å²) in [7, 11) is 0. The lowest BCUT2D eigenvalue weighted by Gasteiger charge is -2.35. The van der Waals surface area contributed by atoms with Gasteiger partial charge in [-0.05, 0) is 62.1 Å². The van der Waals surface area contributed by atoms with Gasteiger partial charge in [0.2, 0.25) is 5.91 Å². The molecule has 2 saturated carbocycles. The van der Waals surface area contributed by atoms with Crippen molar-refractivity contribution in [1.82, 2.24) is 9.88 Å². The summed E-state index contributed by atoms with van der Waals surface area (Å²) >= 11 is 0. The van der Waals surface area contributed by atoms with Crippen molar-refractivity contribution < 1.29 is 14.3 Å². The quantitative estimate of drug-likeness (QED) is 0.829. The normalized spacial score (nSPS) is 34.5. The zero-order chi connectivity index (χ0) is 17.9. The summed E-state index contributed by atoms with van der Waals surface area (Å²) in [5.41, 5.74) is 1.11. The monoisotopic (exact) mass is 358 g/mol. The highest BCUT2D eigenvalue weighted by Gasteiger charge is 2.45. The molecule has 2 bridgehead atoms. The Bertz CT molecular complexity index is 601. The lowest BCUT2D eigenvalue weighted by Crippen LogP contribution is -2.49. The van der Waals surface area contributed by atoms with Crippen LogP contribution >= 0.6 is 0 Å². The molecule has 0 N–H and O–H groups in total. The number of nitrogens with zero attached hydrogens (tertiary/aromatic N) is 2. The SMILES string of the molecule is CC1CCC(C(=O)N2CCOC3CCC2C3OCc2ccncc2)CC1. The van der Waals surface area contributed by atoms with Crippen LogP contribution in [-0.2, 0) is 20.9 Å². The number of hydrogen-bond donors (Lipinski definition) is 0. The summed E-state index contributed by atoms with van der Waals surface area (Å²) in [6.07, 6.45) is 10.1. The van der Waals surface area contributed by atoms with Crippen molar-refractivity contribution in [3.05, 3.63) is 30.1 Å². The Morgan fingerprint density at radius 1 is 1.19 bits per heavy atom. The largest absolute Gasteiger partial charge is 0.374 e. The van der Waals surface area contributed by atoms with E-state index in [0.29, 0.717) is 25.7 Å². The third-order valence-corrected chi connectivity index (χ3v) is 6.40. The van der Waals surface area contributed by atoms with Crippen LogP contribution in [0, 0.1) is 11.8 Å². The molecule has 2 aliphatic carbocycles. The fraction of sp³-hybridized carbons (Fsp3) is 0.714. The number of carbonyl (C=O) groups excluding carboxylic acids is 1. The van der Waals surface area contributed by atoms with Crippen LogP contribution in [0.1, 0.15) is 51.0 Å². The Kier molecular flexibility index (Phi) is 5.55.